The van der Waals surface area contributed by atoms with Gasteiger partial charge >= 0.3 is 0 Å². The minimum Gasteiger partial charge on any atom is -0.485 e. The highest BCUT2D eigenvalue weighted by Crippen LogP contribution is 2.30. The largest absolute Gasteiger partial charge is 0.485 e. The van der Waals surface area contributed by atoms with Crippen LogP contribution in [-0.4, -0.2) is 10.1 Å². The van der Waals surface area contributed by atoms with Gasteiger partial charge in [-0.05, 0) is 48.4 Å². The molecule has 2 heterocycles. The zero-order chi connectivity index (χ0) is 20.2. The Morgan fingerprint density at radius 2 is 1.93 bits per heavy atom. The lowest BCUT2D eigenvalue weighted by Gasteiger charge is -2.08. The zero-order valence-electron chi connectivity index (χ0n) is 15.3. The number of nitrogens with zero attached hydrogens (tertiary/aromatic N) is 2. The Hall–Kier alpha value is -3.02. The molecule has 0 saturated carbocycles. The van der Waals surface area contributed by atoms with Crippen molar-refractivity contribution in [3.63, 3.8) is 0 Å². The number of aromatic nitrogens is 2. The topological polar surface area (TPSA) is 61.3 Å². The van der Waals surface area contributed by atoms with Crippen molar-refractivity contribution in [2.45, 2.75) is 13.0 Å². The van der Waals surface area contributed by atoms with Crippen molar-refractivity contribution >= 4 is 23.2 Å². The second-order valence-electron chi connectivity index (χ2n) is 6.20. The van der Waals surface area contributed by atoms with Crippen LogP contribution in [0.5, 0.6) is 5.75 Å². The van der Waals surface area contributed by atoms with Crippen LogP contribution in [0.15, 0.2) is 76.2 Å². The summed E-state index contributed by atoms with van der Waals surface area (Å²) in [5.41, 5.74) is 1.69. The molecule has 0 amide bonds. The van der Waals surface area contributed by atoms with E-state index in [1.807, 2.05) is 36.4 Å². The van der Waals surface area contributed by atoms with Crippen LogP contribution in [0.1, 0.15) is 11.3 Å². The third-order valence-electron chi connectivity index (χ3n) is 4.18. The predicted octanol–water partition coefficient (Wildman–Crippen LogP) is 6.61. The maximum Gasteiger partial charge on any atom is 0.293 e. The lowest BCUT2D eigenvalue weighted by molar-refractivity contribution is 0.268. The molecule has 0 atom stereocenters. The van der Waals surface area contributed by atoms with Gasteiger partial charge in [-0.25, -0.2) is 0 Å². The van der Waals surface area contributed by atoms with Crippen LogP contribution in [0.4, 0.5) is 0 Å². The quantitative estimate of drug-likeness (QED) is 0.311. The highest BCUT2D eigenvalue weighted by atomic mass is 35.5. The number of para-hydroxylation sites is 1. The first-order valence-electron chi connectivity index (χ1n) is 8.84. The monoisotopic (exact) mass is 426 g/mol. The molecule has 29 heavy (non-hydrogen) atoms. The van der Waals surface area contributed by atoms with Gasteiger partial charge in [0.15, 0.2) is 5.76 Å². The van der Waals surface area contributed by atoms with Crippen molar-refractivity contribution in [3.8, 4) is 28.8 Å². The van der Waals surface area contributed by atoms with Crippen LogP contribution in [0, 0.1) is 0 Å². The summed E-state index contributed by atoms with van der Waals surface area (Å²) in [6, 6.07) is 16.5. The van der Waals surface area contributed by atoms with Gasteiger partial charge < -0.3 is 13.7 Å². The summed E-state index contributed by atoms with van der Waals surface area (Å²) in [5.74, 6) is 2.49. The molecule has 2 aromatic carbocycles. The fourth-order valence-electron chi connectivity index (χ4n) is 2.79. The Labute approximate surface area is 177 Å². The number of allylic oxidation sites excluding steroid dienone is 1. The Morgan fingerprint density at radius 1 is 1.07 bits per heavy atom. The number of hydrogen-bond donors (Lipinski definition) is 0. The van der Waals surface area contributed by atoms with E-state index in [1.165, 1.54) is 0 Å². The summed E-state index contributed by atoms with van der Waals surface area (Å²) in [4.78, 5) is 4.36. The van der Waals surface area contributed by atoms with E-state index >= 15 is 0 Å². The standard InChI is InChI=1S/C22H16Cl2N2O3/c1-2-5-14-6-3-4-7-19(14)27-13-16-9-11-20(28-16)22-25-21(26-29-22)17-10-8-15(23)12-18(17)24/h2-4,6-12H,1,5,13H2. The number of furan rings is 1. The van der Waals surface area contributed by atoms with Crippen molar-refractivity contribution in [2.75, 3.05) is 0 Å². The molecule has 5 nitrogen and oxygen atoms in total. The fourth-order valence-corrected chi connectivity index (χ4v) is 3.28. The van der Waals surface area contributed by atoms with Crippen LogP contribution < -0.4 is 4.74 Å². The van der Waals surface area contributed by atoms with E-state index in [9.17, 15) is 0 Å². The molecule has 0 spiro atoms. The number of rotatable bonds is 7. The molecule has 0 radical (unpaired) electrons. The summed E-state index contributed by atoms with van der Waals surface area (Å²) in [5, 5.41) is 4.95. The average Bonchev–Trinajstić information content (AvgIpc) is 3.37. The van der Waals surface area contributed by atoms with Crippen LogP contribution in [-0.2, 0) is 13.0 Å². The molecule has 0 aliphatic heterocycles. The maximum absolute atomic E-state index is 6.21. The molecule has 0 aliphatic carbocycles. The van der Waals surface area contributed by atoms with Crippen LogP contribution in [0.25, 0.3) is 23.0 Å². The van der Waals surface area contributed by atoms with Crippen molar-refractivity contribution < 1.29 is 13.7 Å². The maximum atomic E-state index is 6.21. The lowest BCUT2D eigenvalue weighted by atomic mass is 10.1. The molecule has 4 aromatic rings. The number of hydrogen-bond acceptors (Lipinski definition) is 5. The van der Waals surface area contributed by atoms with Crippen LogP contribution >= 0.6 is 23.2 Å². The number of halogens is 2. The molecule has 0 N–H and O–H groups in total. The minimum absolute atomic E-state index is 0.254. The van der Waals surface area contributed by atoms with E-state index in [2.05, 4.69) is 16.7 Å². The van der Waals surface area contributed by atoms with Gasteiger partial charge in [-0.15, -0.1) is 6.58 Å². The minimum atomic E-state index is 0.254. The van der Waals surface area contributed by atoms with Crippen molar-refractivity contribution in [2.24, 2.45) is 0 Å². The van der Waals surface area contributed by atoms with Gasteiger partial charge in [0.2, 0.25) is 5.82 Å². The second-order valence-corrected chi connectivity index (χ2v) is 7.05. The van der Waals surface area contributed by atoms with Crippen molar-refractivity contribution in [3.05, 3.63) is 88.6 Å². The molecule has 0 fully saturated rings. The molecule has 146 valence electrons. The molecular weight excluding hydrogens is 411 g/mol. The van der Waals surface area contributed by atoms with Gasteiger partial charge in [-0.2, -0.15) is 4.98 Å². The predicted molar refractivity (Wildman–Crippen MR) is 112 cm³/mol. The van der Waals surface area contributed by atoms with E-state index in [4.69, 9.17) is 36.9 Å². The molecule has 0 unspecified atom stereocenters. The Bertz CT molecular complexity index is 1150. The summed E-state index contributed by atoms with van der Waals surface area (Å²) < 4.78 is 17.0. The van der Waals surface area contributed by atoms with Gasteiger partial charge in [0.1, 0.15) is 18.1 Å². The first kappa shape index (κ1) is 19.3. The molecule has 0 saturated heterocycles. The smallest absolute Gasteiger partial charge is 0.293 e. The summed E-state index contributed by atoms with van der Waals surface area (Å²) in [7, 11) is 0. The number of benzene rings is 2. The molecule has 2 aromatic heterocycles. The summed E-state index contributed by atoms with van der Waals surface area (Å²) in [6.07, 6.45) is 2.57. The van der Waals surface area contributed by atoms with Crippen molar-refractivity contribution in [1.29, 1.82) is 0 Å². The normalized spacial score (nSPS) is 10.8. The third kappa shape index (κ3) is 4.36. The summed E-state index contributed by atoms with van der Waals surface area (Å²) >= 11 is 12.1. The Balaban J connectivity index is 1.49. The van der Waals surface area contributed by atoms with E-state index in [-0.39, 0.29) is 12.5 Å². The van der Waals surface area contributed by atoms with Gasteiger partial charge in [0.05, 0.1) is 5.02 Å². The van der Waals surface area contributed by atoms with E-state index in [0.29, 0.717) is 33.0 Å². The Kier molecular flexibility index (Phi) is 5.69. The number of ether oxygens (including phenoxy) is 1. The summed E-state index contributed by atoms with van der Waals surface area (Å²) in [6.45, 7) is 4.05. The highest BCUT2D eigenvalue weighted by molar-refractivity contribution is 6.36. The van der Waals surface area contributed by atoms with Gasteiger partial charge in [0.25, 0.3) is 5.89 Å². The molecule has 4 rings (SSSR count). The van der Waals surface area contributed by atoms with E-state index in [0.717, 1.165) is 17.7 Å². The molecule has 0 bridgehead atoms. The van der Waals surface area contributed by atoms with E-state index < -0.39 is 0 Å². The second kappa shape index (κ2) is 8.55. The van der Waals surface area contributed by atoms with Crippen LogP contribution in [0.3, 0.4) is 0 Å². The first-order chi connectivity index (χ1) is 14.1. The van der Waals surface area contributed by atoms with Gasteiger partial charge in [0, 0.05) is 10.6 Å². The first-order valence-corrected chi connectivity index (χ1v) is 9.59. The molecule has 0 aliphatic rings. The highest BCUT2D eigenvalue weighted by Gasteiger charge is 2.16. The third-order valence-corrected chi connectivity index (χ3v) is 4.73. The van der Waals surface area contributed by atoms with E-state index in [1.54, 1.807) is 24.3 Å². The van der Waals surface area contributed by atoms with Gasteiger partial charge in [-0.1, -0.05) is 52.6 Å². The van der Waals surface area contributed by atoms with Gasteiger partial charge in [-0.3, -0.25) is 0 Å². The molecular formula is C22H16Cl2N2O3. The average molecular weight is 427 g/mol. The van der Waals surface area contributed by atoms with Crippen molar-refractivity contribution in [1.82, 2.24) is 10.1 Å². The SMILES string of the molecule is C=CCc1ccccc1OCc1ccc(-c2nc(-c3ccc(Cl)cc3Cl)no2)o1. The lowest BCUT2D eigenvalue weighted by Crippen LogP contribution is -1.97. The van der Waals surface area contributed by atoms with Crippen LogP contribution in [0.2, 0.25) is 10.0 Å². The zero-order valence-corrected chi connectivity index (χ0v) is 16.8. The molecule has 7 heteroatoms. The fraction of sp³-hybridized carbons (Fsp3) is 0.0909. The Morgan fingerprint density at radius 3 is 2.76 bits per heavy atom.